The van der Waals surface area contributed by atoms with Gasteiger partial charge in [0.25, 0.3) is 11.5 Å². The lowest BCUT2D eigenvalue weighted by molar-refractivity contribution is 0.0938. The first-order valence-electron chi connectivity index (χ1n) is 9.16. The number of carbonyl (C=O) groups is 1. The molecule has 26 heavy (non-hydrogen) atoms. The Hall–Kier alpha value is -2.64. The normalized spacial score (nSPS) is 19.4. The zero-order chi connectivity index (χ0) is 18.1. The zero-order valence-electron chi connectivity index (χ0n) is 14.9. The fourth-order valence-electron chi connectivity index (χ4n) is 3.75. The van der Waals surface area contributed by atoms with Gasteiger partial charge in [-0.2, -0.15) is 5.10 Å². The summed E-state index contributed by atoms with van der Waals surface area (Å²) >= 11 is 0. The molecule has 8 nitrogen and oxygen atoms in total. The lowest BCUT2D eigenvalue weighted by Gasteiger charge is -2.18. The second kappa shape index (κ2) is 6.93. The van der Waals surface area contributed by atoms with Crippen LogP contribution in [0.1, 0.15) is 41.1 Å². The van der Waals surface area contributed by atoms with Crippen molar-refractivity contribution in [2.24, 2.45) is 13.0 Å². The summed E-state index contributed by atoms with van der Waals surface area (Å²) in [5.74, 6) is 1.06. The molecule has 1 aliphatic heterocycles. The van der Waals surface area contributed by atoms with Crippen molar-refractivity contribution in [3.8, 4) is 0 Å². The van der Waals surface area contributed by atoms with Crippen LogP contribution in [0.15, 0.2) is 21.6 Å². The van der Waals surface area contributed by atoms with Gasteiger partial charge in [0.1, 0.15) is 5.76 Å². The number of anilines is 1. The molecule has 1 fully saturated rings. The first-order chi connectivity index (χ1) is 12.6. The van der Waals surface area contributed by atoms with Gasteiger partial charge < -0.3 is 14.7 Å². The maximum atomic E-state index is 12.5. The predicted molar refractivity (Wildman–Crippen MR) is 95.3 cm³/mol. The molecule has 0 aromatic carbocycles. The summed E-state index contributed by atoms with van der Waals surface area (Å²) in [5.41, 5.74) is 2.15. The van der Waals surface area contributed by atoms with Crippen molar-refractivity contribution in [3.05, 3.63) is 39.6 Å². The van der Waals surface area contributed by atoms with Crippen molar-refractivity contribution in [2.45, 2.75) is 32.1 Å². The van der Waals surface area contributed by atoms with Crippen LogP contribution in [-0.2, 0) is 19.9 Å². The SMILES string of the molecule is Cn1ncc(N2CCC(CNC(=O)c3noc4c3CCCC4)C2)cc1=O. The molecular weight excluding hydrogens is 334 g/mol. The van der Waals surface area contributed by atoms with E-state index in [0.717, 1.165) is 62.2 Å². The number of nitrogens with zero attached hydrogens (tertiary/aromatic N) is 4. The van der Waals surface area contributed by atoms with Crippen LogP contribution in [0.25, 0.3) is 0 Å². The van der Waals surface area contributed by atoms with Gasteiger partial charge in [-0.3, -0.25) is 9.59 Å². The van der Waals surface area contributed by atoms with Gasteiger partial charge in [0.05, 0.1) is 11.9 Å². The molecule has 2 aliphatic rings. The largest absolute Gasteiger partial charge is 0.370 e. The average Bonchev–Trinajstić information content (AvgIpc) is 3.29. The lowest BCUT2D eigenvalue weighted by atomic mass is 9.96. The summed E-state index contributed by atoms with van der Waals surface area (Å²) in [7, 11) is 1.64. The third-order valence-corrected chi connectivity index (χ3v) is 5.32. The summed E-state index contributed by atoms with van der Waals surface area (Å²) in [6.07, 6.45) is 6.60. The maximum Gasteiger partial charge on any atom is 0.273 e. The van der Waals surface area contributed by atoms with E-state index in [-0.39, 0.29) is 11.5 Å². The molecule has 2 aromatic heterocycles. The van der Waals surface area contributed by atoms with Crippen LogP contribution in [0.5, 0.6) is 0 Å². The monoisotopic (exact) mass is 357 g/mol. The third-order valence-electron chi connectivity index (χ3n) is 5.32. The summed E-state index contributed by atoms with van der Waals surface area (Å²) in [6, 6.07) is 1.61. The van der Waals surface area contributed by atoms with Gasteiger partial charge in [-0.05, 0) is 31.6 Å². The number of aryl methyl sites for hydroxylation is 2. The Morgan fingerprint density at radius 3 is 3.08 bits per heavy atom. The highest BCUT2D eigenvalue weighted by atomic mass is 16.5. The van der Waals surface area contributed by atoms with E-state index < -0.39 is 0 Å². The molecule has 1 amide bonds. The lowest BCUT2D eigenvalue weighted by Crippen LogP contribution is -2.32. The van der Waals surface area contributed by atoms with E-state index in [4.69, 9.17) is 4.52 Å². The molecule has 1 atom stereocenters. The number of rotatable bonds is 4. The van der Waals surface area contributed by atoms with Crippen molar-refractivity contribution < 1.29 is 9.32 Å². The van der Waals surface area contributed by atoms with E-state index in [2.05, 4.69) is 20.5 Å². The van der Waals surface area contributed by atoms with E-state index in [1.54, 1.807) is 19.3 Å². The second-order valence-corrected chi connectivity index (χ2v) is 7.13. The quantitative estimate of drug-likeness (QED) is 0.874. The van der Waals surface area contributed by atoms with E-state index in [1.807, 2.05) is 0 Å². The van der Waals surface area contributed by atoms with Crippen LogP contribution in [0.4, 0.5) is 5.69 Å². The minimum atomic E-state index is -0.148. The molecule has 2 aromatic rings. The van der Waals surface area contributed by atoms with Crippen LogP contribution < -0.4 is 15.8 Å². The molecule has 0 spiro atoms. The fourth-order valence-corrected chi connectivity index (χ4v) is 3.75. The van der Waals surface area contributed by atoms with Gasteiger partial charge in [-0.25, -0.2) is 4.68 Å². The van der Waals surface area contributed by atoms with Crippen molar-refractivity contribution >= 4 is 11.6 Å². The van der Waals surface area contributed by atoms with Gasteiger partial charge in [0.2, 0.25) is 0 Å². The number of amides is 1. The Balaban J connectivity index is 1.34. The second-order valence-electron chi connectivity index (χ2n) is 7.13. The molecule has 1 saturated heterocycles. The molecule has 1 unspecified atom stereocenters. The smallest absolute Gasteiger partial charge is 0.273 e. The number of fused-ring (bicyclic) bond motifs is 1. The third kappa shape index (κ3) is 3.23. The highest BCUT2D eigenvalue weighted by molar-refractivity contribution is 5.93. The predicted octanol–water partition coefficient (Wildman–Crippen LogP) is 0.903. The molecular formula is C18H23N5O3. The van der Waals surface area contributed by atoms with Gasteiger partial charge in [0, 0.05) is 44.7 Å². The average molecular weight is 357 g/mol. The molecule has 8 heteroatoms. The minimum Gasteiger partial charge on any atom is -0.370 e. The number of hydrogen-bond donors (Lipinski definition) is 1. The van der Waals surface area contributed by atoms with Crippen molar-refractivity contribution in [1.29, 1.82) is 0 Å². The molecule has 1 aliphatic carbocycles. The van der Waals surface area contributed by atoms with Crippen molar-refractivity contribution in [1.82, 2.24) is 20.3 Å². The molecule has 138 valence electrons. The van der Waals surface area contributed by atoms with E-state index in [1.165, 1.54) is 4.68 Å². The van der Waals surface area contributed by atoms with Crippen LogP contribution in [-0.4, -0.2) is 40.5 Å². The number of aromatic nitrogens is 3. The number of hydrogen-bond acceptors (Lipinski definition) is 6. The van der Waals surface area contributed by atoms with Gasteiger partial charge in [-0.15, -0.1) is 0 Å². The summed E-state index contributed by atoms with van der Waals surface area (Å²) in [6.45, 7) is 2.25. The van der Waals surface area contributed by atoms with Crippen molar-refractivity contribution in [2.75, 3.05) is 24.5 Å². The maximum absolute atomic E-state index is 12.5. The molecule has 0 radical (unpaired) electrons. The van der Waals surface area contributed by atoms with Crippen LogP contribution in [0.2, 0.25) is 0 Å². The molecule has 3 heterocycles. The topological polar surface area (TPSA) is 93.3 Å². The first-order valence-corrected chi connectivity index (χ1v) is 9.16. The molecule has 1 N–H and O–H groups in total. The standard InChI is InChI=1S/C18H23N5O3/c1-22-16(24)8-13(10-20-22)23-7-6-12(11-23)9-19-18(25)17-14-4-2-3-5-15(14)26-21-17/h8,10,12H,2-7,9,11H2,1H3,(H,19,25). The van der Waals surface area contributed by atoms with Crippen LogP contribution in [0, 0.1) is 5.92 Å². The Labute approximate surface area is 151 Å². The molecule has 0 saturated carbocycles. The number of nitrogens with one attached hydrogen (secondary N) is 1. The van der Waals surface area contributed by atoms with Crippen LogP contribution >= 0.6 is 0 Å². The Morgan fingerprint density at radius 2 is 2.23 bits per heavy atom. The Bertz CT molecular complexity index is 872. The summed E-state index contributed by atoms with van der Waals surface area (Å²) in [5, 5.41) is 11.1. The van der Waals surface area contributed by atoms with E-state index >= 15 is 0 Å². The van der Waals surface area contributed by atoms with Gasteiger partial charge in [0.15, 0.2) is 5.69 Å². The van der Waals surface area contributed by atoms with Gasteiger partial charge >= 0.3 is 0 Å². The molecule has 4 rings (SSSR count). The van der Waals surface area contributed by atoms with Crippen LogP contribution in [0.3, 0.4) is 0 Å². The Kier molecular flexibility index (Phi) is 4.48. The first kappa shape index (κ1) is 16.8. The summed E-state index contributed by atoms with van der Waals surface area (Å²) < 4.78 is 6.63. The molecule has 0 bridgehead atoms. The fraction of sp³-hybridized carbons (Fsp3) is 0.556. The van der Waals surface area contributed by atoms with Crippen molar-refractivity contribution in [3.63, 3.8) is 0 Å². The highest BCUT2D eigenvalue weighted by Gasteiger charge is 2.27. The Morgan fingerprint density at radius 1 is 1.38 bits per heavy atom. The summed E-state index contributed by atoms with van der Waals surface area (Å²) in [4.78, 5) is 26.4. The van der Waals surface area contributed by atoms with Gasteiger partial charge in [-0.1, -0.05) is 5.16 Å². The van der Waals surface area contributed by atoms with E-state index in [9.17, 15) is 9.59 Å². The highest BCUT2D eigenvalue weighted by Crippen LogP contribution is 2.25. The number of carbonyl (C=O) groups excluding carboxylic acids is 1. The zero-order valence-corrected chi connectivity index (χ0v) is 14.9. The van der Waals surface area contributed by atoms with E-state index in [0.29, 0.717) is 18.2 Å². The minimum absolute atomic E-state index is 0.116.